The summed E-state index contributed by atoms with van der Waals surface area (Å²) in [5.41, 5.74) is 9.21. The Morgan fingerprint density at radius 3 is 2.87 bits per heavy atom. The molecule has 0 unspecified atom stereocenters. The maximum Gasteiger partial charge on any atom is 0.285 e. The van der Waals surface area contributed by atoms with Crippen molar-refractivity contribution < 1.29 is 9.32 Å². The van der Waals surface area contributed by atoms with E-state index in [-0.39, 0.29) is 5.82 Å². The number of rotatable bonds is 3. The first-order valence-corrected chi connectivity index (χ1v) is 6.87. The van der Waals surface area contributed by atoms with Crippen LogP contribution in [-0.4, -0.2) is 25.4 Å². The van der Waals surface area contributed by atoms with Gasteiger partial charge in [-0.25, -0.2) is 4.98 Å². The molecule has 0 fully saturated rings. The summed E-state index contributed by atoms with van der Waals surface area (Å²) in [6, 6.07) is 9.43. The quantitative estimate of drug-likeness (QED) is 0.625. The molecule has 0 saturated heterocycles. The third-order valence-corrected chi connectivity index (χ3v) is 3.54. The third-order valence-electron chi connectivity index (χ3n) is 3.54. The molecule has 0 radical (unpaired) electrons. The number of nitrogens with two attached hydrogens (primary N) is 1. The van der Waals surface area contributed by atoms with E-state index in [0.29, 0.717) is 11.2 Å². The Morgan fingerprint density at radius 2 is 2.09 bits per heavy atom. The van der Waals surface area contributed by atoms with Crippen molar-refractivity contribution in [3.05, 3.63) is 61.0 Å². The third kappa shape index (κ3) is 2.15. The Hall–Kier alpha value is -3.48. The van der Waals surface area contributed by atoms with Gasteiger partial charge in [-0.3, -0.25) is 14.2 Å². The first-order chi connectivity index (χ1) is 11.2. The zero-order chi connectivity index (χ0) is 15.8. The molecule has 0 atom stereocenters. The molecule has 0 aliphatic heterocycles. The van der Waals surface area contributed by atoms with Crippen molar-refractivity contribution >= 4 is 11.4 Å². The van der Waals surface area contributed by atoms with Crippen LogP contribution in [0.2, 0.25) is 0 Å². The maximum absolute atomic E-state index is 11.6. The minimum absolute atomic E-state index is 0.171. The minimum atomic E-state index is -0.592. The van der Waals surface area contributed by atoms with E-state index in [1.165, 1.54) is 6.26 Å². The Labute approximate surface area is 130 Å². The van der Waals surface area contributed by atoms with Crippen LogP contribution in [0, 0.1) is 0 Å². The molecule has 0 aliphatic carbocycles. The van der Waals surface area contributed by atoms with Crippen molar-refractivity contribution in [3.63, 3.8) is 0 Å². The second kappa shape index (κ2) is 5.06. The first-order valence-electron chi connectivity index (χ1n) is 6.87. The molecular weight excluding hydrogens is 294 g/mol. The van der Waals surface area contributed by atoms with Crippen molar-refractivity contribution in [2.75, 3.05) is 0 Å². The van der Waals surface area contributed by atoms with Gasteiger partial charge >= 0.3 is 0 Å². The van der Waals surface area contributed by atoms with E-state index >= 15 is 0 Å². The molecular formula is C16H11N5O2. The van der Waals surface area contributed by atoms with E-state index in [2.05, 4.69) is 15.1 Å². The van der Waals surface area contributed by atoms with E-state index in [1.54, 1.807) is 29.1 Å². The van der Waals surface area contributed by atoms with Crippen molar-refractivity contribution in [2.45, 2.75) is 0 Å². The van der Waals surface area contributed by atoms with E-state index in [9.17, 15) is 4.79 Å². The predicted octanol–water partition coefficient (Wildman–Crippen LogP) is 2.15. The topological polar surface area (TPSA) is 99.3 Å². The normalized spacial score (nSPS) is 11.0. The molecule has 112 valence electrons. The second-order valence-corrected chi connectivity index (χ2v) is 4.95. The number of carbonyl (C=O) groups is 1. The summed E-state index contributed by atoms with van der Waals surface area (Å²) in [7, 11) is 0. The monoisotopic (exact) mass is 305 g/mol. The lowest BCUT2D eigenvalue weighted by molar-refractivity contribution is 0.0990. The van der Waals surface area contributed by atoms with Crippen LogP contribution in [0.5, 0.6) is 0 Å². The highest BCUT2D eigenvalue weighted by Gasteiger charge is 2.16. The number of hydrogen-bond acceptors (Lipinski definition) is 5. The zero-order valence-electron chi connectivity index (χ0n) is 11.9. The number of benzene rings is 1. The molecule has 7 heteroatoms. The zero-order valence-corrected chi connectivity index (χ0v) is 11.9. The van der Waals surface area contributed by atoms with Gasteiger partial charge in [0.25, 0.3) is 5.91 Å². The summed E-state index contributed by atoms with van der Waals surface area (Å²) in [5, 5.41) is 3.93. The number of nitrogens with zero attached hydrogens (tertiary/aromatic N) is 4. The number of imidazole rings is 1. The molecule has 23 heavy (non-hydrogen) atoms. The molecule has 2 N–H and O–H groups in total. The van der Waals surface area contributed by atoms with Crippen LogP contribution in [0.25, 0.3) is 28.0 Å². The number of fused-ring (bicyclic) bond motifs is 1. The molecule has 3 heterocycles. The van der Waals surface area contributed by atoms with Crippen molar-refractivity contribution in [3.8, 4) is 22.5 Å². The second-order valence-electron chi connectivity index (χ2n) is 4.95. The van der Waals surface area contributed by atoms with Crippen LogP contribution in [0.15, 0.2) is 59.7 Å². The Balaban J connectivity index is 1.93. The molecule has 0 spiro atoms. The van der Waals surface area contributed by atoms with Gasteiger partial charge in [-0.1, -0.05) is 23.4 Å². The van der Waals surface area contributed by atoms with Crippen LogP contribution in [-0.2, 0) is 0 Å². The predicted molar refractivity (Wildman–Crippen MR) is 82.4 cm³/mol. The summed E-state index contributed by atoms with van der Waals surface area (Å²) in [6.07, 6.45) is 6.41. The fourth-order valence-corrected chi connectivity index (χ4v) is 2.51. The lowest BCUT2D eigenvalue weighted by Gasteiger charge is -2.01. The average Bonchev–Trinajstić information content (AvgIpc) is 3.23. The van der Waals surface area contributed by atoms with Crippen LogP contribution < -0.4 is 5.73 Å². The molecule has 7 nitrogen and oxygen atoms in total. The molecule has 3 aromatic heterocycles. The molecule has 4 rings (SSSR count). The van der Waals surface area contributed by atoms with Crippen LogP contribution in [0.1, 0.15) is 10.6 Å². The fourth-order valence-electron chi connectivity index (χ4n) is 2.51. The first kappa shape index (κ1) is 13.2. The number of hydrogen-bond donors (Lipinski definition) is 1. The van der Waals surface area contributed by atoms with Gasteiger partial charge in [0.1, 0.15) is 12.0 Å². The number of amides is 1. The fraction of sp³-hybridized carbons (Fsp3) is 0. The summed E-state index contributed by atoms with van der Waals surface area (Å²) in [5.74, 6) is -0.422. The van der Waals surface area contributed by atoms with Gasteiger partial charge in [0.05, 0.1) is 17.4 Å². The highest BCUT2D eigenvalue weighted by molar-refractivity contribution is 5.93. The van der Waals surface area contributed by atoms with E-state index < -0.39 is 5.91 Å². The molecule has 4 aromatic rings. The van der Waals surface area contributed by atoms with Gasteiger partial charge in [0, 0.05) is 29.6 Å². The average molecular weight is 305 g/mol. The molecule has 1 amide bonds. The smallest absolute Gasteiger partial charge is 0.285 e. The number of carbonyl (C=O) groups excluding carboxylic acids is 1. The van der Waals surface area contributed by atoms with Crippen LogP contribution >= 0.6 is 0 Å². The van der Waals surface area contributed by atoms with Gasteiger partial charge < -0.3 is 10.3 Å². The van der Waals surface area contributed by atoms with Crippen molar-refractivity contribution in [2.24, 2.45) is 5.73 Å². The van der Waals surface area contributed by atoms with Gasteiger partial charge in [0.2, 0.25) is 5.82 Å². The van der Waals surface area contributed by atoms with Crippen molar-refractivity contribution in [1.29, 1.82) is 0 Å². The van der Waals surface area contributed by atoms with Gasteiger partial charge in [-0.15, -0.1) is 0 Å². The standard InChI is InChI=1S/C16H11N5O2/c17-15(22)16-19-14(13-9-18-5-6-21(13)16)11-3-1-2-10(8-11)12-4-7-23-20-12/h1-9H,(H2,17,22). The molecule has 0 saturated carbocycles. The summed E-state index contributed by atoms with van der Waals surface area (Å²) in [6.45, 7) is 0. The van der Waals surface area contributed by atoms with Gasteiger partial charge in [0.15, 0.2) is 0 Å². The highest BCUT2D eigenvalue weighted by atomic mass is 16.5. The summed E-state index contributed by atoms with van der Waals surface area (Å²) in [4.78, 5) is 20.1. The lowest BCUT2D eigenvalue weighted by atomic mass is 10.1. The summed E-state index contributed by atoms with van der Waals surface area (Å²) < 4.78 is 6.51. The SMILES string of the molecule is NC(=O)c1nc(-c2cccc(-c3ccon3)c2)c2cnccn12. The number of primary amides is 1. The van der Waals surface area contributed by atoms with E-state index in [0.717, 1.165) is 16.8 Å². The molecule has 0 aliphatic rings. The van der Waals surface area contributed by atoms with Crippen molar-refractivity contribution in [1.82, 2.24) is 19.5 Å². The molecule has 0 bridgehead atoms. The minimum Gasteiger partial charge on any atom is -0.364 e. The Kier molecular flexibility index (Phi) is 2.90. The van der Waals surface area contributed by atoms with Gasteiger partial charge in [-0.05, 0) is 6.07 Å². The van der Waals surface area contributed by atoms with Crippen LogP contribution in [0.3, 0.4) is 0 Å². The highest BCUT2D eigenvalue weighted by Crippen LogP contribution is 2.28. The molecule has 1 aromatic carbocycles. The Morgan fingerprint density at radius 1 is 1.22 bits per heavy atom. The van der Waals surface area contributed by atoms with Crippen LogP contribution in [0.4, 0.5) is 0 Å². The maximum atomic E-state index is 11.6. The lowest BCUT2D eigenvalue weighted by Crippen LogP contribution is -2.15. The van der Waals surface area contributed by atoms with E-state index in [1.807, 2.05) is 24.3 Å². The summed E-state index contributed by atoms with van der Waals surface area (Å²) >= 11 is 0. The largest absolute Gasteiger partial charge is 0.364 e. The van der Waals surface area contributed by atoms with Gasteiger partial charge in [-0.2, -0.15) is 0 Å². The van der Waals surface area contributed by atoms with E-state index in [4.69, 9.17) is 10.3 Å². The number of aromatic nitrogens is 4. The Bertz CT molecular complexity index is 1000.